The maximum atomic E-state index is 12.0. The van der Waals surface area contributed by atoms with Gasteiger partial charge in [0.05, 0.1) is 0 Å². The minimum atomic E-state index is -0.404. The van der Waals surface area contributed by atoms with E-state index in [9.17, 15) is 4.79 Å². The van der Waals surface area contributed by atoms with E-state index >= 15 is 0 Å². The molecular weight excluding hydrogens is 250 g/mol. The number of hydrogen-bond donors (Lipinski definition) is 0. The number of nitrogens with zero attached hydrogens (tertiary/aromatic N) is 1. The molecule has 0 N–H and O–H groups in total. The molecule has 20 heavy (non-hydrogen) atoms. The third-order valence-electron chi connectivity index (χ3n) is 3.62. The monoisotopic (exact) mass is 275 g/mol. The summed E-state index contributed by atoms with van der Waals surface area (Å²) in [5, 5.41) is 0. The van der Waals surface area contributed by atoms with E-state index < -0.39 is 5.60 Å². The zero-order valence-corrected chi connectivity index (χ0v) is 12.8. The van der Waals surface area contributed by atoms with E-state index in [-0.39, 0.29) is 6.09 Å². The molecule has 0 aromatic heterocycles. The molecule has 0 spiro atoms. The second-order valence-electron chi connectivity index (χ2n) is 6.61. The molecule has 1 atom stereocenters. The summed E-state index contributed by atoms with van der Waals surface area (Å²) in [4.78, 5) is 13.8. The van der Waals surface area contributed by atoms with Crippen LogP contribution in [0.25, 0.3) is 0 Å². The van der Waals surface area contributed by atoms with Crippen LogP contribution in [0.3, 0.4) is 0 Å². The highest BCUT2D eigenvalue weighted by Gasteiger charge is 2.29. The number of amides is 1. The van der Waals surface area contributed by atoms with Gasteiger partial charge in [-0.05, 0) is 51.5 Å². The summed E-state index contributed by atoms with van der Waals surface area (Å²) in [6, 6.07) is 10.5. The van der Waals surface area contributed by atoms with Crippen LogP contribution in [0.1, 0.15) is 39.2 Å². The lowest BCUT2D eigenvalue weighted by Gasteiger charge is -2.24. The number of benzene rings is 1. The van der Waals surface area contributed by atoms with Gasteiger partial charge in [-0.25, -0.2) is 4.79 Å². The van der Waals surface area contributed by atoms with Gasteiger partial charge in [-0.2, -0.15) is 0 Å². The minimum Gasteiger partial charge on any atom is -0.444 e. The highest BCUT2D eigenvalue weighted by Crippen LogP contribution is 2.23. The molecule has 0 saturated carbocycles. The van der Waals surface area contributed by atoms with E-state index in [1.54, 1.807) is 0 Å². The first kappa shape index (κ1) is 14.9. The van der Waals surface area contributed by atoms with E-state index in [1.165, 1.54) is 5.56 Å². The van der Waals surface area contributed by atoms with Crippen molar-refractivity contribution >= 4 is 6.09 Å². The molecule has 3 nitrogen and oxygen atoms in total. The van der Waals surface area contributed by atoms with Crippen LogP contribution in [-0.4, -0.2) is 29.7 Å². The third kappa shape index (κ3) is 4.55. The molecule has 0 bridgehead atoms. The second-order valence-corrected chi connectivity index (χ2v) is 6.61. The zero-order valence-electron chi connectivity index (χ0n) is 12.8. The average molecular weight is 275 g/mol. The van der Waals surface area contributed by atoms with Crippen LogP contribution < -0.4 is 0 Å². The van der Waals surface area contributed by atoms with Crippen molar-refractivity contribution in [2.75, 3.05) is 13.1 Å². The van der Waals surface area contributed by atoms with Crippen LogP contribution in [-0.2, 0) is 11.2 Å². The molecular formula is C17H25NO2. The molecule has 1 aromatic rings. The predicted molar refractivity (Wildman–Crippen MR) is 80.7 cm³/mol. The average Bonchev–Trinajstić information content (AvgIpc) is 2.84. The van der Waals surface area contributed by atoms with Gasteiger partial charge in [-0.3, -0.25) is 0 Å². The lowest BCUT2D eigenvalue weighted by atomic mass is 9.99. The summed E-state index contributed by atoms with van der Waals surface area (Å²) in [7, 11) is 0. The quantitative estimate of drug-likeness (QED) is 0.838. The summed E-state index contributed by atoms with van der Waals surface area (Å²) in [6.07, 6.45) is 3.16. The molecule has 1 amide bonds. The van der Waals surface area contributed by atoms with E-state index in [2.05, 4.69) is 24.3 Å². The van der Waals surface area contributed by atoms with Crippen molar-refractivity contribution in [3.8, 4) is 0 Å². The first-order valence-corrected chi connectivity index (χ1v) is 7.46. The Morgan fingerprint density at radius 2 is 2.00 bits per heavy atom. The smallest absolute Gasteiger partial charge is 0.410 e. The maximum absolute atomic E-state index is 12.0. The standard InChI is InChI=1S/C17H25NO2/c1-17(2,3)20-16(19)18-12-11-15(13-18)10-9-14-7-5-4-6-8-14/h4-8,15H,9-13H2,1-3H3. The van der Waals surface area contributed by atoms with Crippen LogP contribution >= 0.6 is 0 Å². The molecule has 1 aliphatic rings. The number of hydrogen-bond acceptors (Lipinski definition) is 2. The van der Waals surface area contributed by atoms with E-state index in [4.69, 9.17) is 4.74 Å². The fraction of sp³-hybridized carbons (Fsp3) is 0.588. The molecule has 1 aliphatic heterocycles. The topological polar surface area (TPSA) is 29.5 Å². The van der Waals surface area contributed by atoms with Gasteiger partial charge in [-0.15, -0.1) is 0 Å². The van der Waals surface area contributed by atoms with Gasteiger partial charge in [0.15, 0.2) is 0 Å². The number of aryl methyl sites for hydroxylation is 1. The SMILES string of the molecule is CC(C)(C)OC(=O)N1CCC(CCc2ccccc2)C1. The first-order chi connectivity index (χ1) is 9.44. The van der Waals surface area contributed by atoms with Gasteiger partial charge in [0, 0.05) is 13.1 Å². The Morgan fingerprint density at radius 3 is 2.65 bits per heavy atom. The third-order valence-corrected chi connectivity index (χ3v) is 3.62. The lowest BCUT2D eigenvalue weighted by Crippen LogP contribution is -2.35. The Labute approximate surface area is 121 Å². The van der Waals surface area contributed by atoms with Crippen molar-refractivity contribution in [3.05, 3.63) is 35.9 Å². The fourth-order valence-corrected chi connectivity index (χ4v) is 2.58. The first-order valence-electron chi connectivity index (χ1n) is 7.46. The molecule has 1 saturated heterocycles. The molecule has 1 heterocycles. The molecule has 1 unspecified atom stereocenters. The predicted octanol–water partition coefficient (Wildman–Crippen LogP) is 3.88. The lowest BCUT2D eigenvalue weighted by molar-refractivity contribution is 0.0287. The van der Waals surface area contributed by atoms with E-state index in [0.717, 1.165) is 32.4 Å². The van der Waals surface area contributed by atoms with Crippen LogP contribution in [0.4, 0.5) is 4.79 Å². The van der Waals surface area contributed by atoms with Gasteiger partial charge in [-0.1, -0.05) is 30.3 Å². The van der Waals surface area contributed by atoms with Crippen LogP contribution in [0.15, 0.2) is 30.3 Å². The van der Waals surface area contributed by atoms with Gasteiger partial charge in [0.1, 0.15) is 5.60 Å². The number of rotatable bonds is 3. The normalized spacial score (nSPS) is 19.1. The highest BCUT2D eigenvalue weighted by molar-refractivity contribution is 5.68. The summed E-state index contributed by atoms with van der Waals surface area (Å²) < 4.78 is 5.42. The zero-order chi connectivity index (χ0) is 14.6. The maximum Gasteiger partial charge on any atom is 0.410 e. The Balaban J connectivity index is 1.76. The Bertz CT molecular complexity index is 436. The molecule has 110 valence electrons. The largest absolute Gasteiger partial charge is 0.444 e. The minimum absolute atomic E-state index is 0.167. The van der Waals surface area contributed by atoms with Crippen molar-refractivity contribution in [1.82, 2.24) is 4.90 Å². The highest BCUT2D eigenvalue weighted by atomic mass is 16.6. The van der Waals surface area contributed by atoms with Crippen LogP contribution in [0, 0.1) is 5.92 Å². The molecule has 1 fully saturated rings. The summed E-state index contributed by atoms with van der Waals surface area (Å²) in [5.74, 6) is 0.600. The number of carbonyl (C=O) groups excluding carboxylic acids is 1. The van der Waals surface area contributed by atoms with Crippen molar-refractivity contribution in [3.63, 3.8) is 0 Å². The van der Waals surface area contributed by atoms with Gasteiger partial charge in [0.2, 0.25) is 0 Å². The summed E-state index contributed by atoms with van der Waals surface area (Å²) in [5.41, 5.74) is 0.974. The van der Waals surface area contributed by atoms with Gasteiger partial charge in [0.25, 0.3) is 0 Å². The summed E-state index contributed by atoms with van der Waals surface area (Å²) in [6.45, 7) is 7.39. The summed E-state index contributed by atoms with van der Waals surface area (Å²) >= 11 is 0. The molecule has 0 aliphatic carbocycles. The number of carbonyl (C=O) groups is 1. The number of likely N-dealkylation sites (tertiary alicyclic amines) is 1. The van der Waals surface area contributed by atoms with E-state index in [0.29, 0.717) is 5.92 Å². The Morgan fingerprint density at radius 1 is 1.30 bits per heavy atom. The van der Waals surface area contributed by atoms with Crippen molar-refractivity contribution < 1.29 is 9.53 Å². The Hall–Kier alpha value is -1.51. The number of ether oxygens (including phenoxy) is 1. The van der Waals surface area contributed by atoms with Crippen molar-refractivity contribution in [2.24, 2.45) is 5.92 Å². The van der Waals surface area contributed by atoms with Crippen molar-refractivity contribution in [2.45, 2.75) is 45.6 Å². The Kier molecular flexibility index (Phi) is 4.69. The molecule has 3 heteroatoms. The van der Waals surface area contributed by atoms with E-state index in [1.807, 2.05) is 31.7 Å². The molecule has 0 radical (unpaired) electrons. The second kappa shape index (κ2) is 6.29. The van der Waals surface area contributed by atoms with Crippen LogP contribution in [0.5, 0.6) is 0 Å². The van der Waals surface area contributed by atoms with Gasteiger partial charge < -0.3 is 9.64 Å². The van der Waals surface area contributed by atoms with Crippen molar-refractivity contribution in [1.29, 1.82) is 0 Å². The van der Waals surface area contributed by atoms with Crippen LogP contribution in [0.2, 0.25) is 0 Å². The fourth-order valence-electron chi connectivity index (χ4n) is 2.58. The molecule has 1 aromatic carbocycles. The molecule has 2 rings (SSSR count). The van der Waals surface area contributed by atoms with Gasteiger partial charge >= 0.3 is 6.09 Å².